The number of thiocarbonyl (C=S) groups is 1. The minimum absolute atomic E-state index is 0.112. The van der Waals surface area contributed by atoms with E-state index in [1.807, 2.05) is 0 Å². The van der Waals surface area contributed by atoms with E-state index < -0.39 is 10.0 Å². The van der Waals surface area contributed by atoms with E-state index in [0.29, 0.717) is 30.5 Å². The second kappa shape index (κ2) is 5.60. The van der Waals surface area contributed by atoms with E-state index in [-0.39, 0.29) is 14.9 Å². The quantitative estimate of drug-likeness (QED) is 0.862. The zero-order valence-electron chi connectivity index (χ0n) is 11.3. The Morgan fingerprint density at radius 1 is 1.35 bits per heavy atom. The first kappa shape index (κ1) is 15.7. The summed E-state index contributed by atoms with van der Waals surface area (Å²) in [5.74, 6) is 0.693. The van der Waals surface area contributed by atoms with Crippen LogP contribution in [0.15, 0.2) is 23.1 Å². The number of hydrogen-bond donors (Lipinski definition) is 1. The second-order valence-electron chi connectivity index (χ2n) is 5.29. The molecule has 1 aliphatic heterocycles. The third-order valence-corrected chi connectivity index (χ3v) is 6.34. The molecule has 1 aromatic rings. The van der Waals surface area contributed by atoms with Crippen molar-refractivity contribution < 1.29 is 8.42 Å². The molecule has 2 atom stereocenters. The van der Waals surface area contributed by atoms with Crippen molar-refractivity contribution in [3.05, 3.63) is 28.8 Å². The molecule has 20 heavy (non-hydrogen) atoms. The highest BCUT2D eigenvalue weighted by Gasteiger charge is 2.35. The third kappa shape index (κ3) is 2.83. The lowest BCUT2D eigenvalue weighted by Gasteiger charge is -2.17. The van der Waals surface area contributed by atoms with E-state index in [2.05, 4.69) is 13.8 Å². The van der Waals surface area contributed by atoms with Crippen molar-refractivity contribution in [2.45, 2.75) is 18.7 Å². The molecule has 1 aliphatic rings. The molecular formula is C13H17ClN2O2S2. The summed E-state index contributed by atoms with van der Waals surface area (Å²) in [6, 6.07) is 4.56. The van der Waals surface area contributed by atoms with Gasteiger partial charge in [-0.3, -0.25) is 0 Å². The maximum Gasteiger partial charge on any atom is 0.244 e. The van der Waals surface area contributed by atoms with Crippen LogP contribution < -0.4 is 5.73 Å². The fourth-order valence-electron chi connectivity index (χ4n) is 2.28. The molecule has 0 aromatic heterocycles. The summed E-state index contributed by atoms with van der Waals surface area (Å²) >= 11 is 10.9. The molecule has 0 amide bonds. The number of benzene rings is 1. The fourth-order valence-corrected chi connectivity index (χ4v) is 4.56. The molecule has 7 heteroatoms. The Kier molecular flexibility index (Phi) is 4.39. The summed E-state index contributed by atoms with van der Waals surface area (Å²) < 4.78 is 26.7. The van der Waals surface area contributed by atoms with Crippen LogP contribution >= 0.6 is 23.8 Å². The molecule has 0 aliphatic carbocycles. The Labute approximate surface area is 130 Å². The number of nitrogens with two attached hydrogens (primary N) is 1. The van der Waals surface area contributed by atoms with Gasteiger partial charge in [-0.15, -0.1) is 0 Å². The topological polar surface area (TPSA) is 63.4 Å². The predicted molar refractivity (Wildman–Crippen MR) is 84.4 cm³/mol. The number of halogens is 1. The van der Waals surface area contributed by atoms with Crippen LogP contribution in [0.2, 0.25) is 5.02 Å². The monoisotopic (exact) mass is 332 g/mol. The highest BCUT2D eigenvalue weighted by Crippen LogP contribution is 2.31. The van der Waals surface area contributed by atoms with E-state index in [1.165, 1.54) is 16.4 Å². The molecule has 1 fully saturated rings. The standard InChI is InChI=1S/C13H17ClN2O2S2/c1-8-6-16(7-9(8)2)20(17,18)12-4-3-10(13(15)19)5-11(12)14/h3-5,8-9H,6-7H2,1-2H3,(H2,15,19). The first-order chi connectivity index (χ1) is 9.23. The van der Waals surface area contributed by atoms with Gasteiger partial charge >= 0.3 is 0 Å². The Bertz CT molecular complexity index is 636. The van der Waals surface area contributed by atoms with Gasteiger partial charge in [0, 0.05) is 18.7 Å². The van der Waals surface area contributed by atoms with Crippen molar-refractivity contribution in [3.63, 3.8) is 0 Å². The van der Waals surface area contributed by atoms with Gasteiger partial charge in [0.15, 0.2) is 0 Å². The van der Waals surface area contributed by atoms with Crippen LogP contribution in [-0.4, -0.2) is 30.8 Å². The van der Waals surface area contributed by atoms with Gasteiger partial charge in [-0.1, -0.05) is 43.7 Å². The first-order valence-corrected chi connectivity index (χ1v) is 8.55. The van der Waals surface area contributed by atoms with Crippen LogP contribution in [-0.2, 0) is 10.0 Å². The SMILES string of the molecule is CC1CN(S(=O)(=O)c2ccc(C(N)=S)cc2Cl)CC1C. The van der Waals surface area contributed by atoms with Crippen molar-refractivity contribution in [1.82, 2.24) is 4.31 Å². The van der Waals surface area contributed by atoms with Gasteiger partial charge in [-0.25, -0.2) is 8.42 Å². The highest BCUT2D eigenvalue weighted by atomic mass is 35.5. The second-order valence-corrected chi connectivity index (χ2v) is 8.04. The lowest BCUT2D eigenvalue weighted by atomic mass is 10.0. The minimum atomic E-state index is -3.56. The molecule has 0 spiro atoms. The van der Waals surface area contributed by atoms with E-state index in [4.69, 9.17) is 29.6 Å². The van der Waals surface area contributed by atoms with Crippen LogP contribution in [0.5, 0.6) is 0 Å². The molecule has 1 saturated heterocycles. The summed E-state index contributed by atoms with van der Waals surface area (Å²) in [6.45, 7) is 5.16. The van der Waals surface area contributed by atoms with Gasteiger partial charge in [0.25, 0.3) is 0 Å². The fraction of sp³-hybridized carbons (Fsp3) is 0.462. The number of nitrogens with zero attached hydrogens (tertiary/aromatic N) is 1. The van der Waals surface area contributed by atoms with Gasteiger partial charge in [-0.05, 0) is 24.0 Å². The summed E-state index contributed by atoms with van der Waals surface area (Å²) in [4.78, 5) is 0.305. The lowest BCUT2D eigenvalue weighted by molar-refractivity contribution is 0.463. The van der Waals surface area contributed by atoms with Crippen molar-refractivity contribution in [2.75, 3.05) is 13.1 Å². The van der Waals surface area contributed by atoms with Crippen molar-refractivity contribution >= 4 is 38.8 Å². The lowest BCUT2D eigenvalue weighted by Crippen LogP contribution is -2.29. The molecule has 4 nitrogen and oxygen atoms in total. The Morgan fingerprint density at radius 3 is 2.35 bits per heavy atom. The molecule has 0 bridgehead atoms. The summed E-state index contributed by atoms with van der Waals surface area (Å²) in [6.07, 6.45) is 0. The molecule has 1 heterocycles. The number of sulfonamides is 1. The van der Waals surface area contributed by atoms with Crippen molar-refractivity contribution in [3.8, 4) is 0 Å². The van der Waals surface area contributed by atoms with Crippen molar-refractivity contribution in [2.24, 2.45) is 17.6 Å². The van der Waals surface area contributed by atoms with Gasteiger partial charge < -0.3 is 5.73 Å². The average molecular weight is 333 g/mol. The van der Waals surface area contributed by atoms with E-state index in [1.54, 1.807) is 6.07 Å². The maximum atomic E-state index is 12.6. The van der Waals surface area contributed by atoms with Gasteiger partial charge in [-0.2, -0.15) is 4.31 Å². The summed E-state index contributed by atoms with van der Waals surface area (Å²) in [5.41, 5.74) is 6.08. The Balaban J connectivity index is 2.38. The predicted octanol–water partition coefficient (Wildman–Crippen LogP) is 2.25. The largest absolute Gasteiger partial charge is 0.389 e. The molecule has 2 unspecified atom stereocenters. The Hall–Kier alpha value is -0.690. The van der Waals surface area contributed by atoms with E-state index in [0.717, 1.165) is 0 Å². The minimum Gasteiger partial charge on any atom is -0.389 e. The molecule has 2 N–H and O–H groups in total. The smallest absolute Gasteiger partial charge is 0.244 e. The molecule has 2 rings (SSSR count). The Morgan fingerprint density at radius 2 is 1.90 bits per heavy atom. The average Bonchev–Trinajstić information content (AvgIpc) is 2.69. The first-order valence-electron chi connectivity index (χ1n) is 6.33. The van der Waals surface area contributed by atoms with E-state index in [9.17, 15) is 8.42 Å². The maximum absolute atomic E-state index is 12.6. The summed E-state index contributed by atoms with van der Waals surface area (Å²) in [7, 11) is -3.56. The molecular weight excluding hydrogens is 316 g/mol. The normalized spacial score (nSPS) is 23.9. The van der Waals surface area contributed by atoms with Crippen LogP contribution in [0, 0.1) is 11.8 Å². The van der Waals surface area contributed by atoms with Gasteiger partial charge in [0.2, 0.25) is 10.0 Å². The highest BCUT2D eigenvalue weighted by molar-refractivity contribution is 7.89. The zero-order chi connectivity index (χ0) is 15.1. The molecule has 0 saturated carbocycles. The number of rotatable bonds is 3. The van der Waals surface area contributed by atoms with E-state index >= 15 is 0 Å². The van der Waals surface area contributed by atoms with Crippen LogP contribution in [0.3, 0.4) is 0 Å². The summed E-state index contributed by atoms with van der Waals surface area (Å²) in [5, 5.41) is 0.155. The molecule has 110 valence electrons. The third-order valence-electron chi connectivity index (χ3n) is 3.79. The van der Waals surface area contributed by atoms with Gasteiger partial charge in [0.1, 0.15) is 9.88 Å². The van der Waals surface area contributed by atoms with Crippen LogP contribution in [0.1, 0.15) is 19.4 Å². The zero-order valence-corrected chi connectivity index (χ0v) is 13.7. The van der Waals surface area contributed by atoms with Crippen molar-refractivity contribution in [1.29, 1.82) is 0 Å². The molecule has 1 aromatic carbocycles. The van der Waals surface area contributed by atoms with Crippen LogP contribution in [0.25, 0.3) is 0 Å². The van der Waals surface area contributed by atoms with Gasteiger partial charge in [0.05, 0.1) is 5.02 Å². The van der Waals surface area contributed by atoms with Crippen LogP contribution in [0.4, 0.5) is 0 Å². The number of hydrogen-bond acceptors (Lipinski definition) is 3. The molecule has 0 radical (unpaired) electrons.